The zero-order valence-electron chi connectivity index (χ0n) is 10.8. The number of rotatable bonds is 5. The molecule has 0 aliphatic rings. The van der Waals surface area contributed by atoms with Crippen LogP contribution in [0.5, 0.6) is 0 Å². The van der Waals surface area contributed by atoms with E-state index in [-0.39, 0.29) is 11.5 Å². The van der Waals surface area contributed by atoms with Crippen molar-refractivity contribution >= 4 is 17.8 Å². The van der Waals surface area contributed by atoms with Gasteiger partial charge >= 0.3 is 11.9 Å². The van der Waals surface area contributed by atoms with E-state index in [9.17, 15) is 9.59 Å². The molecular weight excluding hydrogens is 268 g/mol. The molecule has 0 aliphatic heterocycles. The van der Waals surface area contributed by atoms with Gasteiger partial charge in [0.25, 0.3) is 0 Å². The van der Waals surface area contributed by atoms with Crippen LogP contribution >= 0.6 is 0 Å². The average molecular weight is 280 g/mol. The maximum absolute atomic E-state index is 11.4. The molecule has 0 spiro atoms. The number of aromatic nitrogens is 2. The number of methoxy groups -OCH3 is 2. The number of nitrogens with zero attached hydrogens (tertiary/aromatic N) is 3. The molecule has 0 aromatic carbocycles. The summed E-state index contributed by atoms with van der Waals surface area (Å²) in [5.41, 5.74) is 5.82. The summed E-state index contributed by atoms with van der Waals surface area (Å²) in [6, 6.07) is 0. The molecule has 0 saturated carbocycles. The zero-order valence-corrected chi connectivity index (χ0v) is 10.8. The molecule has 1 aromatic rings. The predicted molar refractivity (Wildman–Crippen MR) is 66.0 cm³/mol. The van der Waals surface area contributed by atoms with E-state index in [1.54, 1.807) is 0 Å². The summed E-state index contributed by atoms with van der Waals surface area (Å²) in [4.78, 5) is 34.8. The number of carbonyl (C=O) groups is 2. The lowest BCUT2D eigenvalue weighted by Gasteiger charge is -2.03. The normalized spacial score (nSPS) is 11.7. The van der Waals surface area contributed by atoms with Crippen LogP contribution in [0, 0.1) is 0 Å². The first-order chi connectivity index (χ1) is 9.58. The van der Waals surface area contributed by atoms with Gasteiger partial charge in [0, 0.05) is 12.4 Å². The van der Waals surface area contributed by atoms with Crippen molar-refractivity contribution in [3.8, 4) is 0 Å². The first-order valence-electron chi connectivity index (χ1n) is 5.23. The van der Waals surface area contributed by atoms with Crippen molar-refractivity contribution in [3.05, 3.63) is 36.1 Å². The van der Waals surface area contributed by atoms with Crippen molar-refractivity contribution in [1.29, 1.82) is 0 Å². The molecule has 0 bridgehead atoms. The maximum atomic E-state index is 11.4. The average Bonchev–Trinajstić information content (AvgIpc) is 2.50. The quantitative estimate of drug-likeness (QED) is 0.188. The second-order valence-corrected chi connectivity index (χ2v) is 3.18. The van der Waals surface area contributed by atoms with Crippen molar-refractivity contribution in [3.63, 3.8) is 0 Å². The summed E-state index contributed by atoms with van der Waals surface area (Å²) < 4.78 is 8.78. The van der Waals surface area contributed by atoms with Crippen LogP contribution in [0.1, 0.15) is 5.69 Å². The number of amidine groups is 1. The first kappa shape index (κ1) is 15.1. The molecule has 0 saturated heterocycles. The molecule has 2 N–H and O–H groups in total. The Labute approximate surface area is 114 Å². The van der Waals surface area contributed by atoms with Gasteiger partial charge in [-0.25, -0.2) is 14.6 Å². The fourth-order valence-corrected chi connectivity index (χ4v) is 0.966. The van der Waals surface area contributed by atoms with Gasteiger partial charge in [-0.15, -0.1) is 0 Å². The van der Waals surface area contributed by atoms with Crippen molar-refractivity contribution in [2.75, 3.05) is 14.2 Å². The van der Waals surface area contributed by atoms with Crippen molar-refractivity contribution in [2.24, 2.45) is 10.9 Å². The number of nitrogens with two attached hydrogens (primary N) is 1. The molecule has 0 fully saturated rings. The fourth-order valence-electron chi connectivity index (χ4n) is 0.966. The van der Waals surface area contributed by atoms with Crippen LogP contribution in [0.4, 0.5) is 0 Å². The van der Waals surface area contributed by atoms with E-state index in [0.717, 1.165) is 20.3 Å². The number of oxime groups is 1. The second kappa shape index (κ2) is 7.46. The molecule has 0 unspecified atom stereocenters. The van der Waals surface area contributed by atoms with E-state index in [2.05, 4.69) is 24.6 Å². The number of esters is 2. The Morgan fingerprint density at radius 2 is 2.05 bits per heavy atom. The number of hydrogen-bond donors (Lipinski definition) is 1. The third-order valence-corrected chi connectivity index (χ3v) is 1.90. The highest BCUT2D eigenvalue weighted by atomic mass is 16.7. The molecule has 20 heavy (non-hydrogen) atoms. The lowest BCUT2D eigenvalue weighted by molar-refractivity contribution is -0.142. The van der Waals surface area contributed by atoms with E-state index >= 15 is 0 Å². The summed E-state index contributed by atoms with van der Waals surface area (Å²) in [5.74, 6) is -2.33. The van der Waals surface area contributed by atoms with Crippen LogP contribution in [0.15, 0.2) is 35.6 Å². The van der Waals surface area contributed by atoms with Crippen LogP contribution in [0.2, 0.25) is 0 Å². The smallest absolute Gasteiger partial charge is 0.377 e. The number of hydrogen-bond acceptors (Lipinski definition) is 8. The topological polar surface area (TPSA) is 126 Å². The minimum absolute atomic E-state index is 0.127. The molecule has 1 heterocycles. The lowest BCUT2D eigenvalue weighted by Crippen LogP contribution is -2.17. The Morgan fingerprint density at radius 3 is 2.60 bits per heavy atom. The van der Waals surface area contributed by atoms with E-state index < -0.39 is 17.7 Å². The third kappa shape index (κ3) is 4.37. The van der Waals surface area contributed by atoms with Gasteiger partial charge < -0.3 is 20.0 Å². The van der Waals surface area contributed by atoms with Gasteiger partial charge in [0.1, 0.15) is 5.69 Å². The Balaban J connectivity index is 2.89. The van der Waals surface area contributed by atoms with Crippen molar-refractivity contribution in [2.45, 2.75) is 0 Å². The number of ether oxygens (including phenoxy) is 2. The molecule has 0 aliphatic carbocycles. The highest BCUT2D eigenvalue weighted by Crippen LogP contribution is 2.03. The maximum Gasteiger partial charge on any atom is 0.377 e. The van der Waals surface area contributed by atoms with Crippen molar-refractivity contribution in [1.82, 2.24) is 9.97 Å². The molecule has 0 atom stereocenters. The lowest BCUT2D eigenvalue weighted by atomic mass is 10.4. The van der Waals surface area contributed by atoms with Gasteiger partial charge in [-0.05, 0) is 0 Å². The monoisotopic (exact) mass is 280 g/mol. The summed E-state index contributed by atoms with van der Waals surface area (Å²) in [6.45, 7) is 0. The summed E-state index contributed by atoms with van der Waals surface area (Å²) in [6.07, 6.45) is 4.99. The number of carbonyl (C=O) groups excluding carboxylic acids is 2. The van der Waals surface area contributed by atoms with Crippen LogP contribution in [0.25, 0.3) is 0 Å². The van der Waals surface area contributed by atoms with E-state index in [1.165, 1.54) is 18.6 Å². The molecule has 9 heteroatoms. The molecule has 1 rings (SSSR count). The summed E-state index contributed by atoms with van der Waals surface area (Å²) in [5, 5.41) is 3.47. The third-order valence-electron chi connectivity index (χ3n) is 1.90. The van der Waals surface area contributed by atoms with Crippen LogP contribution in [-0.4, -0.2) is 42.0 Å². The minimum Gasteiger partial charge on any atom is -0.466 e. The summed E-state index contributed by atoms with van der Waals surface area (Å²) in [7, 11) is 2.26. The molecule has 0 radical (unpaired) electrons. The van der Waals surface area contributed by atoms with Crippen LogP contribution in [0.3, 0.4) is 0 Å². The van der Waals surface area contributed by atoms with Crippen molar-refractivity contribution < 1.29 is 23.9 Å². The van der Waals surface area contributed by atoms with E-state index in [4.69, 9.17) is 10.6 Å². The van der Waals surface area contributed by atoms with Crippen LogP contribution < -0.4 is 5.73 Å². The first-order valence-corrected chi connectivity index (χ1v) is 5.23. The zero-order chi connectivity index (χ0) is 15.0. The Kier molecular flexibility index (Phi) is 5.63. The van der Waals surface area contributed by atoms with Gasteiger partial charge in [0.15, 0.2) is 5.84 Å². The van der Waals surface area contributed by atoms with Gasteiger partial charge in [-0.3, -0.25) is 4.98 Å². The van der Waals surface area contributed by atoms with E-state index in [1.807, 2.05) is 0 Å². The fraction of sp³-hybridized carbons (Fsp3) is 0.182. The predicted octanol–water partition coefficient (Wildman–Crippen LogP) is -0.657. The molecule has 0 amide bonds. The minimum atomic E-state index is -0.911. The highest BCUT2D eigenvalue weighted by molar-refractivity contribution is 5.96. The van der Waals surface area contributed by atoms with E-state index in [0.29, 0.717) is 0 Å². The Bertz CT molecular complexity index is 541. The summed E-state index contributed by atoms with van der Waals surface area (Å²) >= 11 is 0. The van der Waals surface area contributed by atoms with Gasteiger partial charge in [0.05, 0.1) is 26.5 Å². The second-order valence-electron chi connectivity index (χ2n) is 3.18. The molecule has 9 nitrogen and oxygen atoms in total. The van der Waals surface area contributed by atoms with Gasteiger partial charge in [-0.2, -0.15) is 0 Å². The molecular formula is C11H12N4O5. The van der Waals surface area contributed by atoms with Crippen LogP contribution in [-0.2, 0) is 23.9 Å². The Hall–Kier alpha value is -2.97. The molecule has 1 aromatic heterocycles. The van der Waals surface area contributed by atoms with Gasteiger partial charge in [-0.1, -0.05) is 5.16 Å². The SMILES string of the molecule is COC(=O)/C=C(/O/N=C(\N)c1cnccn1)C(=O)OC. The van der Waals surface area contributed by atoms with Gasteiger partial charge in [0.2, 0.25) is 5.76 Å². The molecule has 106 valence electrons. The standard InChI is InChI=1S/C11H12N4O5/c1-18-9(16)5-8(11(17)19-2)20-15-10(12)7-6-13-3-4-14-7/h3-6H,1-2H3,(H2,12,15)/b8-5+. The largest absolute Gasteiger partial charge is 0.466 e. The highest BCUT2D eigenvalue weighted by Gasteiger charge is 2.15. The Morgan fingerprint density at radius 1 is 1.30 bits per heavy atom.